The van der Waals surface area contributed by atoms with Crippen molar-refractivity contribution in [2.75, 3.05) is 6.61 Å². The summed E-state index contributed by atoms with van der Waals surface area (Å²) in [4.78, 5) is 24.4. The second-order valence-corrected chi connectivity index (χ2v) is 7.93. The van der Waals surface area contributed by atoms with Gasteiger partial charge < -0.3 is 9.84 Å². The Kier molecular flexibility index (Phi) is 5.64. The fourth-order valence-corrected chi connectivity index (χ4v) is 4.72. The highest BCUT2D eigenvalue weighted by molar-refractivity contribution is 5.79. The van der Waals surface area contributed by atoms with Crippen LogP contribution in [-0.4, -0.2) is 46.9 Å². The van der Waals surface area contributed by atoms with Crippen molar-refractivity contribution < 1.29 is 32.6 Å². The number of alkyl halides is 3. The van der Waals surface area contributed by atoms with Crippen molar-refractivity contribution >= 4 is 12.1 Å². The summed E-state index contributed by atoms with van der Waals surface area (Å²) in [6.45, 7) is -0.0837. The lowest BCUT2D eigenvalue weighted by Gasteiger charge is -2.31. The van der Waals surface area contributed by atoms with E-state index in [0.29, 0.717) is 4.90 Å². The molecule has 8 heteroatoms. The molecule has 0 unspecified atom stereocenters. The van der Waals surface area contributed by atoms with Gasteiger partial charge in [0.2, 0.25) is 0 Å². The average molecular weight is 433 g/mol. The van der Waals surface area contributed by atoms with Gasteiger partial charge in [-0.05, 0) is 41.5 Å². The molecule has 1 aliphatic heterocycles. The number of carboxylic acids is 1. The number of fused-ring (bicyclic) bond motifs is 3. The minimum Gasteiger partial charge on any atom is -0.481 e. The van der Waals surface area contributed by atoms with E-state index >= 15 is 0 Å². The number of carboxylic acid groups (broad SMARTS) is 1. The Morgan fingerprint density at radius 2 is 1.58 bits per heavy atom. The SMILES string of the molecule is O=C(O)CC[C@@H]1CC[C@H](C(F)(F)F)N1C(=O)OCC1c2ccccc2-c2ccccc21. The van der Waals surface area contributed by atoms with Crippen LogP contribution in [0, 0.1) is 0 Å². The number of carbonyl (C=O) groups is 2. The first kappa shape index (κ1) is 21.2. The lowest BCUT2D eigenvalue weighted by Crippen LogP contribution is -2.48. The van der Waals surface area contributed by atoms with Gasteiger partial charge in [0.15, 0.2) is 0 Å². The van der Waals surface area contributed by atoms with E-state index in [9.17, 15) is 22.8 Å². The normalized spacial score (nSPS) is 20.4. The van der Waals surface area contributed by atoms with Gasteiger partial charge in [-0.2, -0.15) is 13.2 Å². The largest absolute Gasteiger partial charge is 0.481 e. The minimum absolute atomic E-state index is 0.0356. The number of hydrogen-bond donors (Lipinski definition) is 1. The second kappa shape index (κ2) is 8.24. The number of carbonyl (C=O) groups excluding carboxylic acids is 1. The number of amides is 1. The maximum atomic E-state index is 13.5. The Hall–Kier alpha value is -3.03. The minimum atomic E-state index is -4.59. The quantitative estimate of drug-likeness (QED) is 0.704. The van der Waals surface area contributed by atoms with Crippen molar-refractivity contribution in [3.63, 3.8) is 0 Å². The lowest BCUT2D eigenvalue weighted by atomic mass is 9.98. The number of nitrogens with zero attached hydrogens (tertiary/aromatic N) is 1. The molecule has 0 aromatic heterocycles. The van der Waals surface area contributed by atoms with E-state index in [2.05, 4.69) is 0 Å². The molecule has 1 aliphatic carbocycles. The van der Waals surface area contributed by atoms with Crippen LogP contribution in [0.25, 0.3) is 11.1 Å². The second-order valence-electron chi connectivity index (χ2n) is 7.93. The molecule has 4 rings (SSSR count). The molecule has 5 nitrogen and oxygen atoms in total. The van der Waals surface area contributed by atoms with Gasteiger partial charge in [-0.1, -0.05) is 48.5 Å². The van der Waals surface area contributed by atoms with E-state index in [4.69, 9.17) is 9.84 Å². The first-order valence-electron chi connectivity index (χ1n) is 10.2. The lowest BCUT2D eigenvalue weighted by molar-refractivity contribution is -0.174. The fourth-order valence-electron chi connectivity index (χ4n) is 4.72. The van der Waals surface area contributed by atoms with E-state index in [1.807, 2.05) is 48.5 Å². The zero-order valence-corrected chi connectivity index (χ0v) is 16.6. The maximum Gasteiger partial charge on any atom is 0.410 e. The number of halogens is 3. The highest BCUT2D eigenvalue weighted by Gasteiger charge is 2.52. The van der Waals surface area contributed by atoms with Gasteiger partial charge in [0.05, 0.1) is 0 Å². The third-order valence-electron chi connectivity index (χ3n) is 6.12. The summed E-state index contributed by atoms with van der Waals surface area (Å²) in [7, 11) is 0. The molecule has 0 bridgehead atoms. The van der Waals surface area contributed by atoms with Crippen molar-refractivity contribution in [3.8, 4) is 11.1 Å². The first-order chi connectivity index (χ1) is 14.8. The van der Waals surface area contributed by atoms with Gasteiger partial charge in [-0.15, -0.1) is 0 Å². The molecule has 0 radical (unpaired) electrons. The predicted octanol–water partition coefficient (Wildman–Crippen LogP) is 5.20. The van der Waals surface area contributed by atoms with E-state index in [-0.39, 0.29) is 38.2 Å². The summed E-state index contributed by atoms with van der Waals surface area (Å²) in [5.41, 5.74) is 3.97. The van der Waals surface area contributed by atoms with E-state index in [1.54, 1.807) is 0 Å². The van der Waals surface area contributed by atoms with Crippen LogP contribution in [0.1, 0.15) is 42.7 Å². The molecule has 0 spiro atoms. The molecule has 1 heterocycles. The number of rotatable bonds is 5. The molecule has 164 valence electrons. The van der Waals surface area contributed by atoms with Crippen LogP contribution in [0.5, 0.6) is 0 Å². The number of aliphatic carboxylic acids is 1. The van der Waals surface area contributed by atoms with Gasteiger partial charge in [0.25, 0.3) is 0 Å². The highest BCUT2D eigenvalue weighted by Crippen LogP contribution is 2.45. The molecule has 31 heavy (non-hydrogen) atoms. The van der Waals surface area contributed by atoms with Crippen LogP contribution >= 0.6 is 0 Å². The zero-order valence-electron chi connectivity index (χ0n) is 16.6. The Labute approximate surface area is 177 Å². The summed E-state index contributed by atoms with van der Waals surface area (Å²) in [5, 5.41) is 8.90. The number of hydrogen-bond acceptors (Lipinski definition) is 3. The molecule has 2 aromatic carbocycles. The van der Waals surface area contributed by atoms with Gasteiger partial charge in [0.1, 0.15) is 12.6 Å². The summed E-state index contributed by atoms with van der Waals surface area (Å²) in [6.07, 6.45) is -6.13. The van der Waals surface area contributed by atoms with Gasteiger partial charge in [0, 0.05) is 18.4 Å². The van der Waals surface area contributed by atoms with Crippen LogP contribution in [0.4, 0.5) is 18.0 Å². The van der Waals surface area contributed by atoms with Gasteiger partial charge >= 0.3 is 18.2 Å². The molecule has 1 amide bonds. The highest BCUT2D eigenvalue weighted by atomic mass is 19.4. The van der Waals surface area contributed by atoms with Crippen LogP contribution in [0.2, 0.25) is 0 Å². The molecule has 0 saturated carbocycles. The maximum absolute atomic E-state index is 13.5. The number of likely N-dealkylation sites (tertiary alicyclic amines) is 1. The third kappa shape index (κ3) is 4.11. The standard InChI is InChI=1S/C23H22F3NO4/c24-23(25,26)20-11-9-14(10-12-21(28)29)27(20)22(30)31-13-19-17-7-3-1-5-15(17)16-6-2-4-8-18(16)19/h1-8,14,19-20H,9-13H2,(H,28,29)/t14-,20+/m0/s1. The summed E-state index contributed by atoms with van der Waals surface area (Å²) in [6, 6.07) is 12.6. The molecule has 1 fully saturated rings. The van der Waals surface area contributed by atoms with E-state index in [1.165, 1.54) is 0 Å². The zero-order chi connectivity index (χ0) is 22.2. The van der Waals surface area contributed by atoms with Crippen LogP contribution in [0.3, 0.4) is 0 Å². The van der Waals surface area contributed by atoms with Crippen LogP contribution in [-0.2, 0) is 9.53 Å². The van der Waals surface area contributed by atoms with Crippen LogP contribution < -0.4 is 0 Å². The van der Waals surface area contributed by atoms with Crippen molar-refractivity contribution in [1.82, 2.24) is 4.90 Å². The van der Waals surface area contributed by atoms with E-state index in [0.717, 1.165) is 22.3 Å². The fraction of sp³-hybridized carbons (Fsp3) is 0.391. The average Bonchev–Trinajstić information content (AvgIpc) is 3.30. The van der Waals surface area contributed by atoms with Crippen molar-refractivity contribution in [3.05, 3.63) is 59.7 Å². The first-order valence-corrected chi connectivity index (χ1v) is 10.2. The summed E-state index contributed by atoms with van der Waals surface area (Å²) < 4.78 is 46.0. The Morgan fingerprint density at radius 1 is 1.00 bits per heavy atom. The van der Waals surface area contributed by atoms with E-state index < -0.39 is 30.3 Å². The Bertz CT molecular complexity index is 945. The predicted molar refractivity (Wildman–Crippen MR) is 107 cm³/mol. The molecular formula is C23H22F3NO4. The topological polar surface area (TPSA) is 66.8 Å². The smallest absolute Gasteiger partial charge is 0.410 e. The number of benzene rings is 2. The molecule has 2 aliphatic rings. The Balaban J connectivity index is 1.53. The van der Waals surface area contributed by atoms with Gasteiger partial charge in [-0.3, -0.25) is 9.69 Å². The number of ether oxygens (including phenoxy) is 1. The summed E-state index contributed by atoms with van der Waals surface area (Å²) in [5.74, 6) is -1.37. The monoisotopic (exact) mass is 433 g/mol. The van der Waals surface area contributed by atoms with Gasteiger partial charge in [-0.25, -0.2) is 4.79 Å². The molecule has 1 N–H and O–H groups in total. The van der Waals surface area contributed by atoms with Crippen LogP contribution in [0.15, 0.2) is 48.5 Å². The van der Waals surface area contributed by atoms with Crippen molar-refractivity contribution in [2.24, 2.45) is 0 Å². The summed E-state index contributed by atoms with van der Waals surface area (Å²) >= 11 is 0. The van der Waals surface area contributed by atoms with Crippen molar-refractivity contribution in [1.29, 1.82) is 0 Å². The third-order valence-corrected chi connectivity index (χ3v) is 6.12. The molecular weight excluding hydrogens is 411 g/mol. The Morgan fingerprint density at radius 3 is 2.13 bits per heavy atom. The van der Waals surface area contributed by atoms with Crippen molar-refractivity contribution in [2.45, 2.75) is 49.9 Å². The molecule has 1 saturated heterocycles. The molecule has 2 aromatic rings. The molecule has 2 atom stereocenters.